The molecular formula is C16H22O4. The number of fused-ring (bicyclic) bond motifs is 1. The van der Waals surface area contributed by atoms with Gasteiger partial charge in [-0.1, -0.05) is 24.3 Å². The summed E-state index contributed by atoms with van der Waals surface area (Å²) in [4.78, 5) is 0. The number of benzene rings is 1. The molecular weight excluding hydrogens is 256 g/mol. The summed E-state index contributed by atoms with van der Waals surface area (Å²) >= 11 is 0. The third-order valence-corrected chi connectivity index (χ3v) is 3.92. The maximum atomic E-state index is 6.06. The third kappa shape index (κ3) is 2.61. The van der Waals surface area contributed by atoms with E-state index in [-0.39, 0.29) is 24.6 Å². The summed E-state index contributed by atoms with van der Waals surface area (Å²) in [6.45, 7) is 8.46. The van der Waals surface area contributed by atoms with E-state index >= 15 is 0 Å². The number of rotatable bonds is 3. The molecule has 0 aliphatic carbocycles. The lowest BCUT2D eigenvalue weighted by molar-refractivity contribution is -0.216. The van der Waals surface area contributed by atoms with E-state index in [2.05, 4.69) is 19.1 Å². The molecule has 2 fully saturated rings. The van der Waals surface area contributed by atoms with Crippen LogP contribution in [0.25, 0.3) is 0 Å². The van der Waals surface area contributed by atoms with Crippen molar-refractivity contribution in [1.82, 2.24) is 0 Å². The van der Waals surface area contributed by atoms with Gasteiger partial charge in [0, 0.05) is 0 Å². The minimum absolute atomic E-state index is 0.0230. The molecule has 2 aliphatic rings. The van der Waals surface area contributed by atoms with Gasteiger partial charge in [0.15, 0.2) is 12.1 Å². The van der Waals surface area contributed by atoms with Crippen molar-refractivity contribution in [2.75, 3.05) is 0 Å². The second kappa shape index (κ2) is 5.11. The highest BCUT2D eigenvalue weighted by Gasteiger charge is 2.54. The first-order valence-corrected chi connectivity index (χ1v) is 7.13. The van der Waals surface area contributed by atoms with Crippen molar-refractivity contribution in [3.05, 3.63) is 35.4 Å². The van der Waals surface area contributed by atoms with Crippen LogP contribution in [-0.4, -0.2) is 30.4 Å². The van der Waals surface area contributed by atoms with Gasteiger partial charge in [-0.2, -0.15) is 0 Å². The smallest absolute Gasteiger partial charge is 0.190 e. The van der Waals surface area contributed by atoms with Gasteiger partial charge >= 0.3 is 0 Å². The lowest BCUT2D eigenvalue weighted by Crippen LogP contribution is -2.35. The Morgan fingerprint density at radius 1 is 1.20 bits per heavy atom. The summed E-state index contributed by atoms with van der Waals surface area (Å²) in [6.07, 6.45) is -0.586. The zero-order valence-electron chi connectivity index (χ0n) is 12.5. The lowest BCUT2D eigenvalue weighted by Gasteiger charge is -2.24. The first kappa shape index (κ1) is 14.0. The maximum absolute atomic E-state index is 6.06. The third-order valence-electron chi connectivity index (χ3n) is 3.92. The number of hydrogen-bond donors (Lipinski definition) is 0. The van der Waals surface area contributed by atoms with Gasteiger partial charge in [-0.25, -0.2) is 0 Å². The Bertz CT molecular complexity index is 485. The molecule has 0 aromatic heterocycles. The Hall–Kier alpha value is -0.940. The lowest BCUT2D eigenvalue weighted by atomic mass is 10.1. The molecule has 1 aromatic rings. The highest BCUT2D eigenvalue weighted by atomic mass is 16.8. The van der Waals surface area contributed by atoms with Crippen LogP contribution in [0.15, 0.2) is 24.3 Å². The SMILES string of the molecule is Cc1ccccc1CO[C@@H]1[C@H]2OC(C)(C)O[C@H]2O[C@@H]1C. The molecule has 20 heavy (non-hydrogen) atoms. The predicted molar refractivity (Wildman–Crippen MR) is 74.1 cm³/mol. The second-order valence-electron chi connectivity index (χ2n) is 6.01. The molecule has 2 heterocycles. The molecule has 4 nitrogen and oxygen atoms in total. The molecule has 110 valence electrons. The van der Waals surface area contributed by atoms with Gasteiger partial charge in [-0.05, 0) is 38.8 Å². The largest absolute Gasteiger partial charge is 0.368 e. The number of aryl methyl sites for hydroxylation is 1. The van der Waals surface area contributed by atoms with Crippen molar-refractivity contribution in [3.63, 3.8) is 0 Å². The molecule has 0 amide bonds. The van der Waals surface area contributed by atoms with Crippen LogP contribution in [0.5, 0.6) is 0 Å². The summed E-state index contributed by atoms with van der Waals surface area (Å²) in [5.41, 5.74) is 2.43. The van der Waals surface area contributed by atoms with Crippen LogP contribution in [0.3, 0.4) is 0 Å². The van der Waals surface area contributed by atoms with Gasteiger partial charge in [0.2, 0.25) is 0 Å². The average molecular weight is 278 g/mol. The second-order valence-corrected chi connectivity index (χ2v) is 6.01. The fourth-order valence-electron chi connectivity index (χ4n) is 2.83. The molecule has 4 heteroatoms. The molecule has 0 unspecified atom stereocenters. The number of ether oxygens (including phenoxy) is 4. The quantitative estimate of drug-likeness (QED) is 0.852. The van der Waals surface area contributed by atoms with E-state index in [4.69, 9.17) is 18.9 Å². The summed E-state index contributed by atoms with van der Waals surface area (Å²) in [5.74, 6) is -0.597. The molecule has 0 spiro atoms. The molecule has 3 rings (SSSR count). The van der Waals surface area contributed by atoms with Crippen molar-refractivity contribution in [3.8, 4) is 0 Å². The van der Waals surface area contributed by atoms with Gasteiger partial charge in [0.1, 0.15) is 12.2 Å². The minimum atomic E-state index is -0.597. The standard InChI is InChI=1S/C16H22O4/c1-10-7-5-6-8-12(10)9-17-13-11(2)18-15-14(13)19-16(3,4)20-15/h5-8,11,13-15H,9H2,1-4H3/t11-,13+,14-,15-/m1/s1. The van der Waals surface area contributed by atoms with Crippen molar-refractivity contribution >= 4 is 0 Å². The average Bonchev–Trinajstić information content (AvgIpc) is 2.80. The van der Waals surface area contributed by atoms with Crippen LogP contribution in [-0.2, 0) is 25.6 Å². The van der Waals surface area contributed by atoms with Gasteiger partial charge in [-0.15, -0.1) is 0 Å². The summed E-state index contributed by atoms with van der Waals surface area (Å²) in [7, 11) is 0. The Kier molecular flexibility index (Phi) is 3.58. The van der Waals surface area contributed by atoms with Gasteiger partial charge in [0.05, 0.1) is 12.7 Å². The van der Waals surface area contributed by atoms with Gasteiger partial charge < -0.3 is 18.9 Å². The van der Waals surface area contributed by atoms with E-state index in [0.717, 1.165) is 0 Å². The van der Waals surface area contributed by atoms with E-state index in [9.17, 15) is 0 Å². The van der Waals surface area contributed by atoms with Crippen LogP contribution in [0.4, 0.5) is 0 Å². The molecule has 0 N–H and O–H groups in total. The molecule has 0 saturated carbocycles. The van der Waals surface area contributed by atoms with Crippen LogP contribution in [0, 0.1) is 6.92 Å². The van der Waals surface area contributed by atoms with Gasteiger partial charge in [0.25, 0.3) is 0 Å². The Morgan fingerprint density at radius 2 is 1.95 bits per heavy atom. The number of hydrogen-bond acceptors (Lipinski definition) is 4. The monoisotopic (exact) mass is 278 g/mol. The van der Waals surface area contributed by atoms with Crippen LogP contribution in [0.2, 0.25) is 0 Å². The Balaban J connectivity index is 1.67. The van der Waals surface area contributed by atoms with Crippen LogP contribution in [0.1, 0.15) is 31.9 Å². The van der Waals surface area contributed by atoms with Crippen molar-refractivity contribution in [2.45, 2.75) is 64.7 Å². The van der Waals surface area contributed by atoms with E-state index < -0.39 is 5.79 Å². The maximum Gasteiger partial charge on any atom is 0.190 e. The van der Waals surface area contributed by atoms with Crippen molar-refractivity contribution in [1.29, 1.82) is 0 Å². The van der Waals surface area contributed by atoms with Gasteiger partial charge in [-0.3, -0.25) is 0 Å². The predicted octanol–water partition coefficient (Wildman–Crippen LogP) is 2.78. The zero-order valence-corrected chi connectivity index (χ0v) is 12.5. The summed E-state index contributed by atoms with van der Waals surface area (Å²) in [6, 6.07) is 8.24. The van der Waals surface area contributed by atoms with E-state index in [1.165, 1.54) is 11.1 Å². The molecule has 0 radical (unpaired) electrons. The zero-order chi connectivity index (χ0) is 14.3. The summed E-state index contributed by atoms with van der Waals surface area (Å²) in [5, 5.41) is 0. The molecule has 0 bridgehead atoms. The molecule has 1 aromatic carbocycles. The highest BCUT2D eigenvalue weighted by molar-refractivity contribution is 5.24. The fraction of sp³-hybridized carbons (Fsp3) is 0.625. The van der Waals surface area contributed by atoms with E-state index in [0.29, 0.717) is 6.61 Å². The Labute approximate surface area is 120 Å². The normalized spacial score (nSPS) is 35.2. The summed E-state index contributed by atoms with van der Waals surface area (Å²) < 4.78 is 23.5. The Morgan fingerprint density at radius 3 is 2.70 bits per heavy atom. The molecule has 2 saturated heterocycles. The topological polar surface area (TPSA) is 36.9 Å². The molecule has 2 aliphatic heterocycles. The van der Waals surface area contributed by atoms with Crippen molar-refractivity contribution < 1.29 is 18.9 Å². The van der Waals surface area contributed by atoms with Crippen LogP contribution < -0.4 is 0 Å². The fourth-order valence-corrected chi connectivity index (χ4v) is 2.83. The van der Waals surface area contributed by atoms with E-state index in [1.54, 1.807) is 0 Å². The van der Waals surface area contributed by atoms with Crippen molar-refractivity contribution in [2.24, 2.45) is 0 Å². The van der Waals surface area contributed by atoms with Crippen LogP contribution >= 0.6 is 0 Å². The van der Waals surface area contributed by atoms with E-state index in [1.807, 2.05) is 32.9 Å². The minimum Gasteiger partial charge on any atom is -0.368 e. The first-order valence-electron chi connectivity index (χ1n) is 7.13. The highest BCUT2D eigenvalue weighted by Crippen LogP contribution is 2.38. The first-order chi connectivity index (χ1) is 9.46. The molecule has 4 atom stereocenters.